The van der Waals surface area contributed by atoms with Crippen LogP contribution >= 0.6 is 0 Å². The number of hydrogen-bond acceptors (Lipinski definition) is 4. The van der Waals surface area contributed by atoms with E-state index in [-0.39, 0.29) is 22.7 Å². The first-order valence-corrected chi connectivity index (χ1v) is 12.1. The van der Waals surface area contributed by atoms with Gasteiger partial charge in [0.15, 0.2) is 0 Å². The second-order valence-electron chi connectivity index (χ2n) is 7.44. The highest BCUT2D eigenvalue weighted by molar-refractivity contribution is 7.92. The van der Waals surface area contributed by atoms with Gasteiger partial charge in [-0.3, -0.25) is 9.10 Å². The third-order valence-electron chi connectivity index (χ3n) is 5.10. The molecule has 0 saturated carbocycles. The van der Waals surface area contributed by atoms with Gasteiger partial charge in [0.2, 0.25) is 0 Å². The van der Waals surface area contributed by atoms with E-state index < -0.39 is 15.9 Å². The molecule has 1 N–H and O–H groups in total. The van der Waals surface area contributed by atoms with E-state index in [0.717, 1.165) is 11.1 Å². The van der Waals surface area contributed by atoms with E-state index >= 15 is 0 Å². The van der Waals surface area contributed by atoms with E-state index in [1.165, 1.54) is 10.5 Å². The van der Waals surface area contributed by atoms with E-state index in [4.69, 9.17) is 0 Å². The summed E-state index contributed by atoms with van der Waals surface area (Å²) >= 11 is 0. The largest absolute Gasteiger partial charge is 0.273 e. The van der Waals surface area contributed by atoms with Crippen molar-refractivity contribution in [3.63, 3.8) is 0 Å². The molecule has 0 aliphatic rings. The van der Waals surface area contributed by atoms with Crippen LogP contribution in [0.15, 0.2) is 125 Å². The van der Waals surface area contributed by atoms with Gasteiger partial charge < -0.3 is 0 Å². The number of anilines is 1. The molecular formula is C27H23N3O3S. The molecule has 0 fully saturated rings. The molecule has 34 heavy (non-hydrogen) atoms. The molecule has 0 aromatic heterocycles. The minimum Gasteiger partial charge on any atom is -0.267 e. The van der Waals surface area contributed by atoms with Gasteiger partial charge in [-0.1, -0.05) is 91.0 Å². The third-order valence-corrected chi connectivity index (χ3v) is 6.87. The van der Waals surface area contributed by atoms with E-state index in [2.05, 4.69) is 10.5 Å². The number of hydrogen-bond donors (Lipinski definition) is 1. The summed E-state index contributed by atoms with van der Waals surface area (Å²) < 4.78 is 28.6. The molecule has 0 aliphatic carbocycles. The summed E-state index contributed by atoms with van der Waals surface area (Å²) in [4.78, 5) is 13.2. The lowest BCUT2D eigenvalue weighted by molar-refractivity contribution is 0.0956. The molecule has 0 aliphatic heterocycles. The lowest BCUT2D eigenvalue weighted by Crippen LogP contribution is -2.33. The Balaban J connectivity index is 1.71. The SMILES string of the molecule is O=C(N/N=C/c1ccccc1)c1ccccc1N(Cc1ccccc1)S(=O)(=O)c1ccccc1. The van der Waals surface area contributed by atoms with Gasteiger partial charge in [0.1, 0.15) is 0 Å². The highest BCUT2D eigenvalue weighted by Crippen LogP contribution is 2.29. The number of amides is 1. The van der Waals surface area contributed by atoms with Crippen LogP contribution < -0.4 is 9.73 Å². The Morgan fingerprint density at radius 2 is 1.32 bits per heavy atom. The first-order valence-electron chi connectivity index (χ1n) is 10.6. The standard InChI is InChI=1S/C27H23N3O3S/c31-27(29-28-20-22-12-4-1-5-13-22)25-18-10-11-19-26(25)30(21-23-14-6-2-7-15-23)34(32,33)24-16-8-3-9-17-24/h1-20H,21H2,(H,29,31)/b28-20+. The summed E-state index contributed by atoms with van der Waals surface area (Å²) in [5, 5.41) is 4.03. The minimum absolute atomic E-state index is 0.0651. The van der Waals surface area contributed by atoms with E-state index in [0.29, 0.717) is 0 Å². The van der Waals surface area contributed by atoms with Crippen LogP contribution in [0.2, 0.25) is 0 Å². The normalized spacial score (nSPS) is 11.3. The van der Waals surface area contributed by atoms with Crippen molar-refractivity contribution in [1.82, 2.24) is 5.43 Å². The van der Waals surface area contributed by atoms with Crippen molar-refractivity contribution in [2.75, 3.05) is 4.31 Å². The lowest BCUT2D eigenvalue weighted by Gasteiger charge is -2.26. The van der Waals surface area contributed by atoms with Crippen LogP contribution in [-0.2, 0) is 16.6 Å². The fourth-order valence-electron chi connectivity index (χ4n) is 3.42. The van der Waals surface area contributed by atoms with Crippen LogP contribution in [0, 0.1) is 0 Å². The number of rotatable bonds is 8. The third kappa shape index (κ3) is 5.39. The quantitative estimate of drug-likeness (QED) is 0.296. The maximum atomic E-state index is 13.7. The van der Waals surface area contributed by atoms with Crippen LogP contribution in [0.25, 0.3) is 0 Å². The van der Waals surface area contributed by atoms with Gasteiger partial charge in [-0.25, -0.2) is 13.8 Å². The number of sulfonamides is 1. The predicted molar refractivity (Wildman–Crippen MR) is 134 cm³/mol. The first-order chi connectivity index (χ1) is 16.6. The predicted octanol–water partition coefficient (Wildman–Crippen LogP) is 4.85. The Hall–Kier alpha value is -4.23. The van der Waals surface area contributed by atoms with Crippen molar-refractivity contribution in [3.05, 3.63) is 132 Å². The smallest absolute Gasteiger partial charge is 0.267 e. The Morgan fingerprint density at radius 3 is 2.00 bits per heavy atom. The summed E-state index contributed by atoms with van der Waals surface area (Å²) in [6, 6.07) is 33.4. The first kappa shape index (κ1) is 22.9. The van der Waals surface area contributed by atoms with Crippen LogP contribution in [0.4, 0.5) is 5.69 Å². The Morgan fingerprint density at radius 1 is 0.765 bits per heavy atom. The maximum Gasteiger partial charge on any atom is 0.273 e. The van der Waals surface area contributed by atoms with E-state index in [9.17, 15) is 13.2 Å². The van der Waals surface area contributed by atoms with Crippen LogP contribution in [0.1, 0.15) is 21.5 Å². The molecule has 1 amide bonds. The maximum absolute atomic E-state index is 13.7. The number of carbonyl (C=O) groups excluding carboxylic acids is 1. The molecule has 0 spiro atoms. The Kier molecular flexibility index (Phi) is 7.15. The highest BCUT2D eigenvalue weighted by atomic mass is 32.2. The van der Waals surface area contributed by atoms with Crippen molar-refractivity contribution >= 4 is 27.8 Å². The molecule has 4 rings (SSSR count). The van der Waals surface area contributed by atoms with E-state index in [1.807, 2.05) is 60.7 Å². The monoisotopic (exact) mass is 469 g/mol. The zero-order chi connectivity index (χ0) is 23.8. The average Bonchev–Trinajstić information content (AvgIpc) is 2.89. The number of para-hydroxylation sites is 1. The van der Waals surface area contributed by atoms with Crippen molar-refractivity contribution in [2.24, 2.45) is 5.10 Å². The van der Waals surface area contributed by atoms with Gasteiger partial charge in [0.05, 0.1) is 28.9 Å². The number of nitrogens with zero attached hydrogens (tertiary/aromatic N) is 2. The molecule has 6 nitrogen and oxygen atoms in total. The molecule has 0 heterocycles. The van der Waals surface area contributed by atoms with Crippen molar-refractivity contribution in [1.29, 1.82) is 0 Å². The van der Waals surface area contributed by atoms with Crippen molar-refractivity contribution in [3.8, 4) is 0 Å². The van der Waals surface area contributed by atoms with Crippen LogP contribution in [0.3, 0.4) is 0 Å². The average molecular weight is 470 g/mol. The molecule has 0 saturated heterocycles. The summed E-state index contributed by atoms with van der Waals surface area (Å²) in [5.41, 5.74) is 4.59. The van der Waals surface area contributed by atoms with Gasteiger partial charge in [-0.15, -0.1) is 0 Å². The van der Waals surface area contributed by atoms with Gasteiger partial charge in [0, 0.05) is 0 Å². The second-order valence-corrected chi connectivity index (χ2v) is 9.30. The zero-order valence-electron chi connectivity index (χ0n) is 18.3. The number of hydrazone groups is 1. The number of carbonyl (C=O) groups is 1. The van der Waals surface area contributed by atoms with Crippen LogP contribution in [-0.4, -0.2) is 20.5 Å². The van der Waals surface area contributed by atoms with Crippen molar-refractivity contribution in [2.45, 2.75) is 11.4 Å². The number of benzene rings is 4. The summed E-state index contributed by atoms with van der Waals surface area (Å²) in [6.45, 7) is 0.0651. The zero-order valence-corrected chi connectivity index (χ0v) is 19.1. The van der Waals surface area contributed by atoms with Gasteiger partial charge >= 0.3 is 0 Å². The van der Waals surface area contributed by atoms with Gasteiger partial charge in [-0.2, -0.15) is 5.10 Å². The van der Waals surface area contributed by atoms with E-state index in [1.54, 1.807) is 54.6 Å². The molecule has 0 bridgehead atoms. The lowest BCUT2D eigenvalue weighted by atomic mass is 10.1. The Labute approximate surface area is 199 Å². The highest BCUT2D eigenvalue weighted by Gasteiger charge is 2.28. The summed E-state index contributed by atoms with van der Waals surface area (Å²) in [5.74, 6) is -0.510. The van der Waals surface area contributed by atoms with Crippen LogP contribution in [0.5, 0.6) is 0 Å². The summed E-state index contributed by atoms with van der Waals surface area (Å²) in [7, 11) is -3.96. The van der Waals surface area contributed by atoms with Gasteiger partial charge in [0.25, 0.3) is 15.9 Å². The second kappa shape index (κ2) is 10.6. The molecule has 0 radical (unpaired) electrons. The molecule has 170 valence electrons. The Bertz CT molecular complexity index is 1370. The topological polar surface area (TPSA) is 78.8 Å². The molecule has 4 aromatic rings. The summed E-state index contributed by atoms with van der Waals surface area (Å²) in [6.07, 6.45) is 1.53. The molecular weight excluding hydrogens is 446 g/mol. The molecule has 0 atom stereocenters. The van der Waals surface area contributed by atoms with Crippen molar-refractivity contribution < 1.29 is 13.2 Å². The molecule has 4 aromatic carbocycles. The molecule has 7 heteroatoms. The minimum atomic E-state index is -3.96. The fourth-order valence-corrected chi connectivity index (χ4v) is 4.91. The number of nitrogens with one attached hydrogen (secondary N) is 1. The fraction of sp³-hybridized carbons (Fsp3) is 0.0370. The molecule has 0 unspecified atom stereocenters. The van der Waals surface area contributed by atoms with Gasteiger partial charge in [-0.05, 0) is 35.4 Å².